The van der Waals surface area contributed by atoms with E-state index in [1.165, 1.54) is 5.03 Å². The number of hydrogen-bond acceptors (Lipinski definition) is 3. The number of nitrogens with zero attached hydrogens (tertiary/aromatic N) is 1. The van der Waals surface area contributed by atoms with E-state index in [2.05, 4.69) is 26.5 Å². The number of rotatable bonds is 0. The first-order valence-electron chi connectivity index (χ1n) is 2.82. The zero-order valence-electron chi connectivity index (χ0n) is 5.15. The molecule has 0 saturated carbocycles. The van der Waals surface area contributed by atoms with Crippen molar-refractivity contribution in [2.75, 3.05) is 0 Å². The lowest BCUT2D eigenvalue weighted by molar-refractivity contribution is 1.29. The first-order valence-corrected chi connectivity index (χ1v) is 5.12. The van der Waals surface area contributed by atoms with E-state index in [9.17, 15) is 0 Å². The van der Waals surface area contributed by atoms with Gasteiger partial charge in [0.1, 0.15) is 0 Å². The molecular weight excluding hydrogens is 164 g/mol. The lowest BCUT2D eigenvalue weighted by atomic mass is 10.9. The first-order chi connectivity index (χ1) is 4.97. The van der Waals surface area contributed by atoms with Crippen molar-refractivity contribution < 1.29 is 0 Å². The molecule has 1 N–H and O–H groups in total. The molecule has 2 rings (SSSR count). The summed E-state index contributed by atoms with van der Waals surface area (Å²) in [7, 11) is 0.123. The first kappa shape index (κ1) is 6.24. The van der Waals surface area contributed by atoms with Crippen LogP contribution in [0.5, 0.6) is 0 Å². The summed E-state index contributed by atoms with van der Waals surface area (Å²) in [5.41, 5.74) is 1.96. The van der Waals surface area contributed by atoms with E-state index in [-0.39, 0.29) is 10.5 Å². The summed E-state index contributed by atoms with van der Waals surface area (Å²) >= 11 is 1.70. The van der Waals surface area contributed by atoms with Crippen molar-refractivity contribution in [3.05, 3.63) is 21.3 Å². The Hall–Kier alpha value is -0.480. The molecule has 2 heterocycles. The van der Waals surface area contributed by atoms with Crippen molar-refractivity contribution in [2.24, 2.45) is 4.99 Å². The van der Waals surface area contributed by atoms with Crippen LogP contribution < -0.4 is 5.32 Å². The summed E-state index contributed by atoms with van der Waals surface area (Å²) in [4.78, 5) is 4.01. The molecule has 0 aromatic heterocycles. The van der Waals surface area contributed by atoms with Crippen LogP contribution in [0.2, 0.25) is 0 Å². The van der Waals surface area contributed by atoms with Crippen LogP contribution in [0.3, 0.4) is 0 Å². The van der Waals surface area contributed by atoms with E-state index in [4.69, 9.17) is 0 Å². The standard InChI is InChI=1S/C6H6N2S2/c1-2-10-5-7-4-8-6(10)3-9-1/h1-5H,(H,7,8). The van der Waals surface area contributed by atoms with Crippen molar-refractivity contribution in [2.45, 2.75) is 0 Å². The van der Waals surface area contributed by atoms with Crippen LogP contribution in [0, 0.1) is 0 Å². The molecule has 2 aliphatic rings. The maximum Gasteiger partial charge on any atom is 0.0933 e. The Morgan fingerprint density at radius 2 is 2.60 bits per heavy atom. The van der Waals surface area contributed by atoms with E-state index in [0.29, 0.717) is 0 Å². The Morgan fingerprint density at radius 3 is 3.50 bits per heavy atom. The zero-order chi connectivity index (χ0) is 6.81. The average Bonchev–Trinajstić information content (AvgIpc) is 2.05. The number of hydrogen-bond donors (Lipinski definition) is 1. The molecule has 2 nitrogen and oxygen atoms in total. The smallest absolute Gasteiger partial charge is 0.0933 e. The molecule has 1 atom stereocenters. The van der Waals surface area contributed by atoms with Crippen LogP contribution in [0.25, 0.3) is 0 Å². The topological polar surface area (TPSA) is 24.4 Å². The second-order valence-corrected chi connectivity index (χ2v) is 4.24. The average molecular weight is 170 g/mol. The highest BCUT2D eigenvalue weighted by atomic mass is 32.2. The molecule has 0 fully saturated rings. The molecular formula is C6H6N2S2. The summed E-state index contributed by atoms with van der Waals surface area (Å²) in [6.45, 7) is 0. The predicted octanol–water partition coefficient (Wildman–Crippen LogP) is 1.66. The Balaban J connectivity index is 2.39. The number of thioether (sulfide) groups is 1. The van der Waals surface area contributed by atoms with Crippen molar-refractivity contribution >= 4 is 34.1 Å². The minimum atomic E-state index is 0.123. The largest absolute Gasteiger partial charge is 0.341 e. The van der Waals surface area contributed by atoms with Gasteiger partial charge in [-0.3, -0.25) is 0 Å². The van der Waals surface area contributed by atoms with Gasteiger partial charge in [0.25, 0.3) is 0 Å². The summed E-state index contributed by atoms with van der Waals surface area (Å²) in [6, 6.07) is 0. The molecule has 0 amide bonds. The lowest BCUT2D eigenvalue weighted by Gasteiger charge is -2.13. The van der Waals surface area contributed by atoms with Gasteiger partial charge in [-0.25, -0.2) is 4.99 Å². The molecule has 0 bridgehead atoms. The fourth-order valence-electron chi connectivity index (χ4n) is 0.713. The quantitative estimate of drug-likeness (QED) is 0.559. The molecule has 52 valence electrons. The highest BCUT2D eigenvalue weighted by Crippen LogP contribution is 2.32. The van der Waals surface area contributed by atoms with Crippen molar-refractivity contribution in [1.82, 2.24) is 5.32 Å². The second kappa shape index (κ2) is 2.64. The summed E-state index contributed by atoms with van der Waals surface area (Å²) in [5.74, 6) is 0. The molecule has 0 spiro atoms. The molecule has 1 unspecified atom stereocenters. The molecule has 0 saturated heterocycles. The van der Waals surface area contributed by atoms with Gasteiger partial charge in [0.2, 0.25) is 0 Å². The Morgan fingerprint density at radius 1 is 1.60 bits per heavy atom. The Bertz CT molecular complexity index is 263. The second-order valence-electron chi connectivity index (χ2n) is 1.79. The third kappa shape index (κ3) is 1.04. The van der Waals surface area contributed by atoms with Gasteiger partial charge in [0.05, 0.1) is 16.9 Å². The third-order valence-electron chi connectivity index (χ3n) is 1.17. The summed E-state index contributed by atoms with van der Waals surface area (Å²) in [6.07, 6.45) is 1.72. The van der Waals surface area contributed by atoms with Crippen molar-refractivity contribution in [3.63, 3.8) is 0 Å². The van der Waals surface area contributed by atoms with Crippen molar-refractivity contribution in [3.8, 4) is 0 Å². The molecule has 0 aromatic carbocycles. The molecule has 0 aliphatic carbocycles. The third-order valence-corrected chi connectivity index (χ3v) is 3.67. The minimum Gasteiger partial charge on any atom is -0.341 e. The van der Waals surface area contributed by atoms with Crippen LogP contribution in [-0.4, -0.2) is 11.8 Å². The predicted molar refractivity (Wildman–Crippen MR) is 50.1 cm³/mol. The fourth-order valence-corrected chi connectivity index (χ4v) is 3.04. The maximum absolute atomic E-state index is 4.01. The molecule has 4 heteroatoms. The minimum absolute atomic E-state index is 0.123. The number of fused-ring (bicyclic) bond motifs is 1. The molecule has 0 aromatic rings. The van der Waals surface area contributed by atoms with E-state index in [0.717, 1.165) is 0 Å². The van der Waals surface area contributed by atoms with E-state index in [1.807, 2.05) is 5.49 Å². The van der Waals surface area contributed by atoms with Gasteiger partial charge >= 0.3 is 0 Å². The number of aliphatic imine (C=N–C) groups is 1. The monoisotopic (exact) mass is 170 g/mol. The van der Waals surface area contributed by atoms with Gasteiger partial charge in [0, 0.05) is 5.41 Å². The SMILES string of the molecule is C1=CS2=CN=CNC2=CS1. The van der Waals surface area contributed by atoms with Crippen LogP contribution in [0.1, 0.15) is 0 Å². The fraction of sp³-hybridized carbons (Fsp3) is 0. The Kier molecular flexibility index (Phi) is 1.65. The summed E-state index contributed by atoms with van der Waals surface area (Å²) in [5, 5.41) is 10.7. The van der Waals surface area contributed by atoms with Gasteiger partial charge in [-0.1, -0.05) is 10.5 Å². The van der Waals surface area contributed by atoms with Crippen LogP contribution in [0.15, 0.2) is 26.2 Å². The van der Waals surface area contributed by atoms with E-state index >= 15 is 0 Å². The van der Waals surface area contributed by atoms with Crippen LogP contribution in [-0.2, 0) is 0 Å². The van der Waals surface area contributed by atoms with Crippen LogP contribution in [0.4, 0.5) is 0 Å². The van der Waals surface area contributed by atoms with Crippen LogP contribution >= 0.6 is 22.2 Å². The van der Waals surface area contributed by atoms with Gasteiger partial charge in [-0.2, -0.15) is 0 Å². The molecule has 10 heavy (non-hydrogen) atoms. The molecule has 0 radical (unpaired) electrons. The van der Waals surface area contributed by atoms with Gasteiger partial charge in [0.15, 0.2) is 0 Å². The van der Waals surface area contributed by atoms with Gasteiger partial charge < -0.3 is 5.32 Å². The van der Waals surface area contributed by atoms with Gasteiger partial charge in [-0.15, -0.1) is 11.8 Å². The zero-order valence-corrected chi connectivity index (χ0v) is 6.78. The highest BCUT2D eigenvalue weighted by molar-refractivity contribution is 8.22. The van der Waals surface area contributed by atoms with E-state index < -0.39 is 0 Å². The van der Waals surface area contributed by atoms with Crippen molar-refractivity contribution in [1.29, 1.82) is 0 Å². The normalized spacial score (nSPS) is 28.0. The summed E-state index contributed by atoms with van der Waals surface area (Å²) < 4.78 is 0. The highest BCUT2D eigenvalue weighted by Gasteiger charge is 2.04. The number of nitrogens with one attached hydrogen (secondary N) is 1. The molecule has 2 aliphatic heterocycles. The Labute approximate surface area is 66.0 Å². The maximum atomic E-state index is 4.01. The van der Waals surface area contributed by atoms with Gasteiger partial charge in [-0.05, 0) is 10.8 Å². The lowest BCUT2D eigenvalue weighted by Crippen LogP contribution is -2.12. The van der Waals surface area contributed by atoms with E-state index in [1.54, 1.807) is 18.1 Å².